The first kappa shape index (κ1) is 14.1. The summed E-state index contributed by atoms with van der Waals surface area (Å²) >= 11 is 0. The Labute approximate surface area is 122 Å². The van der Waals surface area contributed by atoms with Gasteiger partial charge < -0.3 is 16.0 Å². The van der Waals surface area contributed by atoms with E-state index in [0.29, 0.717) is 11.5 Å². The van der Waals surface area contributed by atoms with Crippen LogP contribution >= 0.6 is 12.4 Å². The predicted molar refractivity (Wildman–Crippen MR) is 82.0 cm³/mol. The van der Waals surface area contributed by atoms with E-state index in [2.05, 4.69) is 37.4 Å². The molecule has 0 fully saturated rings. The Morgan fingerprint density at radius 2 is 1.95 bits per heavy atom. The Kier molecular flexibility index (Phi) is 4.37. The second-order valence-corrected chi connectivity index (χ2v) is 4.19. The number of aromatic amines is 1. The molecule has 20 heavy (non-hydrogen) atoms. The number of hydrogen-bond acceptors (Lipinski definition) is 5. The average molecular weight is 291 g/mol. The summed E-state index contributed by atoms with van der Waals surface area (Å²) in [5.41, 5.74) is 8.28. The zero-order valence-corrected chi connectivity index (χ0v) is 11.5. The van der Waals surface area contributed by atoms with Gasteiger partial charge in [0.15, 0.2) is 11.5 Å². The first-order valence-electron chi connectivity index (χ1n) is 6.07. The van der Waals surface area contributed by atoms with E-state index in [9.17, 15) is 0 Å². The standard InChI is InChI=1S/C13H14N6.ClH/c14-13-18-11(10-12(19-13)17-8-16-10)15-7-6-9-4-2-1-3-5-9;/h1-5,8H,6-7H2,(H4,14,15,16,17,18,19);1H. The lowest BCUT2D eigenvalue weighted by Crippen LogP contribution is -2.08. The molecule has 3 aromatic rings. The number of fused-ring (bicyclic) bond motifs is 1. The van der Waals surface area contributed by atoms with Gasteiger partial charge >= 0.3 is 0 Å². The van der Waals surface area contributed by atoms with Gasteiger partial charge in [-0.15, -0.1) is 12.4 Å². The van der Waals surface area contributed by atoms with Crippen LogP contribution in [0, 0.1) is 0 Å². The number of hydrogen-bond donors (Lipinski definition) is 3. The molecule has 0 saturated heterocycles. The van der Waals surface area contributed by atoms with Crippen LogP contribution in [0.5, 0.6) is 0 Å². The highest BCUT2D eigenvalue weighted by atomic mass is 35.5. The van der Waals surface area contributed by atoms with Crippen molar-refractivity contribution < 1.29 is 0 Å². The molecule has 0 atom stereocenters. The van der Waals surface area contributed by atoms with Gasteiger partial charge in [-0.2, -0.15) is 9.97 Å². The topological polar surface area (TPSA) is 92.5 Å². The fraction of sp³-hybridized carbons (Fsp3) is 0.154. The summed E-state index contributed by atoms with van der Waals surface area (Å²) in [5.74, 6) is 0.915. The van der Waals surface area contributed by atoms with E-state index in [0.717, 1.165) is 18.5 Å². The fourth-order valence-corrected chi connectivity index (χ4v) is 1.95. The highest BCUT2D eigenvalue weighted by Gasteiger charge is 2.07. The van der Waals surface area contributed by atoms with E-state index in [1.54, 1.807) is 6.33 Å². The Morgan fingerprint density at radius 3 is 2.75 bits per heavy atom. The van der Waals surface area contributed by atoms with Crippen molar-refractivity contribution >= 4 is 35.3 Å². The summed E-state index contributed by atoms with van der Waals surface area (Å²) in [6.45, 7) is 0.772. The Hall–Kier alpha value is -2.34. The molecule has 2 aromatic heterocycles. The third kappa shape index (κ3) is 2.97. The SMILES string of the molecule is Cl.Nc1nc(NCCc2ccccc2)c2[nH]cnc2n1. The summed E-state index contributed by atoms with van der Waals surface area (Å²) in [7, 11) is 0. The fourth-order valence-electron chi connectivity index (χ4n) is 1.95. The highest BCUT2D eigenvalue weighted by molar-refractivity contribution is 5.85. The van der Waals surface area contributed by atoms with E-state index in [1.165, 1.54) is 5.56 Å². The Balaban J connectivity index is 0.00000147. The van der Waals surface area contributed by atoms with Gasteiger partial charge in [-0.25, -0.2) is 4.98 Å². The van der Waals surface area contributed by atoms with Crippen LogP contribution < -0.4 is 11.1 Å². The van der Waals surface area contributed by atoms with Crippen molar-refractivity contribution in [3.63, 3.8) is 0 Å². The molecular formula is C13H15ClN6. The minimum atomic E-state index is 0. The number of nitrogens with two attached hydrogens (primary N) is 1. The number of imidazole rings is 1. The zero-order chi connectivity index (χ0) is 13.1. The summed E-state index contributed by atoms with van der Waals surface area (Å²) in [4.78, 5) is 15.3. The molecule has 104 valence electrons. The quantitative estimate of drug-likeness (QED) is 0.683. The molecule has 0 unspecified atom stereocenters. The Bertz CT molecular complexity index is 682. The molecule has 2 heterocycles. The molecular weight excluding hydrogens is 276 g/mol. The maximum absolute atomic E-state index is 5.65. The molecule has 4 N–H and O–H groups in total. The molecule has 6 nitrogen and oxygen atoms in total. The van der Waals surface area contributed by atoms with Crippen LogP contribution in [0.4, 0.5) is 11.8 Å². The number of benzene rings is 1. The number of halogens is 1. The summed E-state index contributed by atoms with van der Waals surface area (Å²) in [5, 5.41) is 3.26. The molecule has 3 rings (SSSR count). The summed E-state index contributed by atoms with van der Waals surface area (Å²) in [6.07, 6.45) is 2.50. The van der Waals surface area contributed by atoms with Crippen molar-refractivity contribution in [1.29, 1.82) is 0 Å². The maximum atomic E-state index is 5.65. The van der Waals surface area contributed by atoms with Crippen molar-refractivity contribution in [2.45, 2.75) is 6.42 Å². The van der Waals surface area contributed by atoms with Gasteiger partial charge in [-0.05, 0) is 12.0 Å². The lowest BCUT2D eigenvalue weighted by Gasteiger charge is -2.06. The largest absolute Gasteiger partial charge is 0.368 e. The van der Waals surface area contributed by atoms with Gasteiger partial charge in [-0.1, -0.05) is 30.3 Å². The number of aromatic nitrogens is 4. The van der Waals surface area contributed by atoms with Gasteiger partial charge in [0.25, 0.3) is 0 Å². The zero-order valence-electron chi connectivity index (χ0n) is 10.7. The van der Waals surface area contributed by atoms with E-state index in [1.807, 2.05) is 18.2 Å². The molecule has 1 aromatic carbocycles. The van der Waals surface area contributed by atoms with Crippen molar-refractivity contribution in [2.24, 2.45) is 0 Å². The minimum Gasteiger partial charge on any atom is -0.368 e. The third-order valence-electron chi connectivity index (χ3n) is 2.85. The van der Waals surface area contributed by atoms with Gasteiger partial charge in [0.05, 0.1) is 6.33 Å². The van der Waals surface area contributed by atoms with E-state index in [4.69, 9.17) is 5.73 Å². The van der Waals surface area contributed by atoms with Crippen LogP contribution in [0.25, 0.3) is 11.2 Å². The lowest BCUT2D eigenvalue weighted by atomic mass is 10.1. The molecule has 0 spiro atoms. The monoisotopic (exact) mass is 290 g/mol. The number of anilines is 2. The second-order valence-electron chi connectivity index (χ2n) is 4.19. The van der Waals surface area contributed by atoms with E-state index < -0.39 is 0 Å². The number of rotatable bonds is 4. The smallest absolute Gasteiger partial charge is 0.224 e. The predicted octanol–water partition coefficient (Wildman–Crippen LogP) is 2.01. The normalized spacial score (nSPS) is 10.2. The first-order chi connectivity index (χ1) is 9.33. The molecule has 0 amide bonds. The second kappa shape index (κ2) is 6.21. The maximum Gasteiger partial charge on any atom is 0.224 e. The van der Waals surface area contributed by atoms with Crippen molar-refractivity contribution in [2.75, 3.05) is 17.6 Å². The van der Waals surface area contributed by atoms with Gasteiger partial charge in [0, 0.05) is 6.54 Å². The molecule has 0 bridgehead atoms. The van der Waals surface area contributed by atoms with E-state index in [-0.39, 0.29) is 18.4 Å². The molecule has 0 radical (unpaired) electrons. The summed E-state index contributed by atoms with van der Waals surface area (Å²) in [6, 6.07) is 10.3. The Morgan fingerprint density at radius 1 is 1.15 bits per heavy atom. The lowest BCUT2D eigenvalue weighted by molar-refractivity contribution is 1.01. The molecule has 0 saturated carbocycles. The van der Waals surface area contributed by atoms with E-state index >= 15 is 0 Å². The average Bonchev–Trinajstić information content (AvgIpc) is 2.88. The number of nitrogens with one attached hydrogen (secondary N) is 2. The molecule has 0 aliphatic carbocycles. The molecule has 0 aliphatic heterocycles. The first-order valence-corrected chi connectivity index (χ1v) is 6.07. The minimum absolute atomic E-state index is 0. The number of H-pyrrole nitrogens is 1. The van der Waals surface area contributed by atoms with Crippen LogP contribution in [0.2, 0.25) is 0 Å². The van der Waals surface area contributed by atoms with Gasteiger partial charge in [0.1, 0.15) is 5.52 Å². The van der Waals surface area contributed by atoms with Gasteiger partial charge in [-0.3, -0.25) is 0 Å². The highest BCUT2D eigenvalue weighted by Crippen LogP contribution is 2.17. The molecule has 0 aliphatic rings. The van der Waals surface area contributed by atoms with Gasteiger partial charge in [0.2, 0.25) is 5.95 Å². The number of nitrogen functional groups attached to an aromatic ring is 1. The van der Waals surface area contributed by atoms with Crippen molar-refractivity contribution in [1.82, 2.24) is 19.9 Å². The van der Waals surface area contributed by atoms with Crippen molar-refractivity contribution in [3.8, 4) is 0 Å². The third-order valence-corrected chi connectivity index (χ3v) is 2.85. The van der Waals surface area contributed by atoms with Crippen LogP contribution in [0.15, 0.2) is 36.7 Å². The van der Waals surface area contributed by atoms with Crippen LogP contribution in [0.1, 0.15) is 5.56 Å². The van der Waals surface area contributed by atoms with Crippen LogP contribution in [-0.4, -0.2) is 26.5 Å². The van der Waals surface area contributed by atoms with Crippen molar-refractivity contribution in [3.05, 3.63) is 42.2 Å². The molecule has 7 heteroatoms. The van der Waals surface area contributed by atoms with Crippen LogP contribution in [0.3, 0.4) is 0 Å². The summed E-state index contributed by atoms with van der Waals surface area (Å²) < 4.78 is 0. The van der Waals surface area contributed by atoms with Crippen LogP contribution in [-0.2, 0) is 6.42 Å². The number of nitrogens with zero attached hydrogens (tertiary/aromatic N) is 3.